The molecule has 1 unspecified atom stereocenters. The zero-order valence-electron chi connectivity index (χ0n) is 21.1. The minimum absolute atomic E-state index is 0.0654. The van der Waals surface area contributed by atoms with Gasteiger partial charge in [0.1, 0.15) is 23.3 Å². The van der Waals surface area contributed by atoms with Crippen LogP contribution < -0.4 is 9.64 Å². The van der Waals surface area contributed by atoms with Gasteiger partial charge in [-0.05, 0) is 79.9 Å². The summed E-state index contributed by atoms with van der Waals surface area (Å²) in [6.07, 6.45) is 4.63. The van der Waals surface area contributed by atoms with Crippen LogP contribution in [0.4, 0.5) is 5.95 Å². The van der Waals surface area contributed by atoms with E-state index in [0.717, 1.165) is 35.9 Å². The Morgan fingerprint density at radius 2 is 1.86 bits per heavy atom. The number of rotatable bonds is 8. The second-order valence-corrected chi connectivity index (χ2v) is 9.28. The lowest BCUT2D eigenvalue weighted by molar-refractivity contribution is -0.132. The number of amides is 1. The van der Waals surface area contributed by atoms with Crippen molar-refractivity contribution in [1.82, 2.24) is 9.97 Å². The number of nitrogens with one attached hydrogen (secondary N) is 1. The maximum atomic E-state index is 13.3. The largest absolute Gasteiger partial charge is 0.507 e. The van der Waals surface area contributed by atoms with Crippen LogP contribution >= 0.6 is 0 Å². The summed E-state index contributed by atoms with van der Waals surface area (Å²) in [7, 11) is 0. The predicted octanol–water partition coefficient (Wildman–Crippen LogP) is 5.97. The van der Waals surface area contributed by atoms with Crippen LogP contribution in [0.15, 0.2) is 64.8 Å². The summed E-state index contributed by atoms with van der Waals surface area (Å²) in [5, 5.41) is 11.3. The number of carbonyl (C=O) groups excluding carboxylic acids is 2. The van der Waals surface area contributed by atoms with Gasteiger partial charge in [0, 0.05) is 5.56 Å². The summed E-state index contributed by atoms with van der Waals surface area (Å²) in [4.78, 5) is 35.6. The van der Waals surface area contributed by atoms with Crippen LogP contribution in [-0.4, -0.2) is 33.4 Å². The number of fused-ring (bicyclic) bond motifs is 1. The highest BCUT2D eigenvalue weighted by molar-refractivity contribution is 6.51. The van der Waals surface area contributed by atoms with Gasteiger partial charge in [-0.3, -0.25) is 14.5 Å². The first-order valence-electron chi connectivity index (χ1n) is 12.4. The number of aliphatic hydroxyl groups is 1. The number of unbranched alkanes of at least 4 members (excludes halogenated alkanes) is 2. The Bertz CT molecular complexity index is 1440. The Morgan fingerprint density at radius 3 is 2.57 bits per heavy atom. The van der Waals surface area contributed by atoms with Crippen LogP contribution in [0.1, 0.15) is 54.7 Å². The molecule has 1 fully saturated rings. The van der Waals surface area contributed by atoms with E-state index in [1.807, 2.05) is 26.0 Å². The third-order valence-electron chi connectivity index (χ3n) is 6.71. The van der Waals surface area contributed by atoms with Crippen LogP contribution in [0.2, 0.25) is 0 Å². The van der Waals surface area contributed by atoms with Gasteiger partial charge in [0.05, 0.1) is 29.5 Å². The Morgan fingerprint density at radius 1 is 1.11 bits per heavy atom. The summed E-state index contributed by atoms with van der Waals surface area (Å²) < 4.78 is 11.4. The number of aromatic amines is 1. The molecule has 37 heavy (non-hydrogen) atoms. The maximum Gasteiger partial charge on any atom is 0.302 e. The summed E-state index contributed by atoms with van der Waals surface area (Å²) in [6.45, 7) is 6.72. The third kappa shape index (κ3) is 4.50. The number of hydrogen-bond donors (Lipinski definition) is 2. The number of aryl methyl sites for hydroxylation is 2. The molecule has 0 saturated carbocycles. The molecule has 0 aliphatic carbocycles. The van der Waals surface area contributed by atoms with Crippen LogP contribution in [-0.2, 0) is 9.59 Å². The highest BCUT2D eigenvalue weighted by atomic mass is 16.5. The monoisotopic (exact) mass is 499 g/mol. The van der Waals surface area contributed by atoms with E-state index in [4.69, 9.17) is 9.15 Å². The van der Waals surface area contributed by atoms with E-state index in [0.29, 0.717) is 29.2 Å². The lowest BCUT2D eigenvalue weighted by Gasteiger charge is -2.20. The molecule has 190 valence electrons. The minimum Gasteiger partial charge on any atom is -0.507 e. The number of aromatic nitrogens is 2. The van der Waals surface area contributed by atoms with Crippen molar-refractivity contribution < 1.29 is 23.8 Å². The van der Waals surface area contributed by atoms with Crippen molar-refractivity contribution in [2.75, 3.05) is 11.5 Å². The van der Waals surface area contributed by atoms with Crippen LogP contribution in [0.3, 0.4) is 0 Å². The maximum absolute atomic E-state index is 13.3. The molecule has 1 atom stereocenters. The molecule has 5 rings (SSSR count). The number of imidazole rings is 1. The number of ether oxygens (including phenoxy) is 1. The Labute approximate surface area is 214 Å². The molecule has 1 amide bonds. The molecular formula is C29H29N3O5. The van der Waals surface area contributed by atoms with E-state index in [1.54, 1.807) is 36.4 Å². The predicted molar refractivity (Wildman–Crippen MR) is 141 cm³/mol. The van der Waals surface area contributed by atoms with Gasteiger partial charge in [-0.1, -0.05) is 19.8 Å². The molecule has 2 aromatic heterocycles. The Hall–Kier alpha value is -4.33. The van der Waals surface area contributed by atoms with E-state index < -0.39 is 17.7 Å². The second-order valence-electron chi connectivity index (χ2n) is 9.28. The van der Waals surface area contributed by atoms with Crippen molar-refractivity contribution >= 4 is 34.4 Å². The molecule has 8 nitrogen and oxygen atoms in total. The summed E-state index contributed by atoms with van der Waals surface area (Å²) >= 11 is 0. The first kappa shape index (κ1) is 24.4. The van der Waals surface area contributed by atoms with Gasteiger partial charge >= 0.3 is 5.91 Å². The molecule has 2 aromatic carbocycles. The smallest absolute Gasteiger partial charge is 0.302 e. The molecule has 4 aromatic rings. The topological polar surface area (TPSA) is 109 Å². The third-order valence-corrected chi connectivity index (χ3v) is 6.71. The quantitative estimate of drug-likeness (QED) is 0.134. The van der Waals surface area contributed by atoms with Gasteiger partial charge in [-0.15, -0.1) is 0 Å². The van der Waals surface area contributed by atoms with Gasteiger partial charge in [-0.25, -0.2) is 4.98 Å². The van der Waals surface area contributed by atoms with E-state index >= 15 is 0 Å². The number of hydrogen-bond acceptors (Lipinski definition) is 6. The molecule has 8 heteroatoms. The number of Topliss-reactive ketones (excluding diaryl/α,β-unsaturated/α-hetero) is 1. The van der Waals surface area contributed by atoms with Gasteiger partial charge in [-0.2, -0.15) is 0 Å². The van der Waals surface area contributed by atoms with Crippen LogP contribution in [0, 0.1) is 13.8 Å². The van der Waals surface area contributed by atoms with Crippen LogP contribution in [0.25, 0.3) is 16.8 Å². The first-order valence-corrected chi connectivity index (χ1v) is 12.4. The molecule has 3 heterocycles. The number of aliphatic hydroxyl groups excluding tert-OH is 1. The molecule has 1 aliphatic heterocycles. The molecule has 0 spiro atoms. The van der Waals surface area contributed by atoms with E-state index in [2.05, 4.69) is 16.9 Å². The average Bonchev–Trinajstić information content (AvgIpc) is 3.61. The minimum atomic E-state index is -0.984. The molecule has 1 saturated heterocycles. The van der Waals surface area contributed by atoms with Crippen LogP contribution in [0.5, 0.6) is 5.75 Å². The van der Waals surface area contributed by atoms with Crippen molar-refractivity contribution in [3.05, 3.63) is 82.8 Å². The van der Waals surface area contributed by atoms with Crippen molar-refractivity contribution in [3.8, 4) is 5.75 Å². The van der Waals surface area contributed by atoms with E-state index in [1.165, 1.54) is 11.2 Å². The number of furan rings is 1. The molecule has 0 radical (unpaired) electrons. The van der Waals surface area contributed by atoms with Crippen molar-refractivity contribution in [3.63, 3.8) is 0 Å². The SMILES string of the molecule is CCCCCOc1ccc(/C(O)=C2\C(=O)C(=O)N(c3nc4cc(C)c(C)cc4[nH]3)C2c2ccco2)cc1. The van der Waals surface area contributed by atoms with Crippen molar-refractivity contribution in [2.45, 2.75) is 46.1 Å². The number of benzene rings is 2. The molecule has 1 aliphatic rings. The fraction of sp³-hybridized carbons (Fsp3) is 0.276. The lowest BCUT2D eigenvalue weighted by atomic mass is 9.99. The second kappa shape index (κ2) is 9.97. The number of H-pyrrole nitrogens is 1. The standard InChI is InChI=1S/C29H29N3O5/c1-4-5-6-13-36-20-11-9-19(10-12-20)26(33)24-25(23-8-7-14-37-23)32(28(35)27(24)34)29-30-21-15-17(2)18(3)16-22(21)31-29/h7-12,14-16,25,33H,4-6,13H2,1-3H3,(H,30,31)/b26-24+. The first-order chi connectivity index (χ1) is 17.9. The number of anilines is 1. The molecular weight excluding hydrogens is 470 g/mol. The fourth-order valence-electron chi connectivity index (χ4n) is 4.54. The van der Waals surface area contributed by atoms with Gasteiger partial charge in [0.15, 0.2) is 0 Å². The molecule has 0 bridgehead atoms. The molecule has 2 N–H and O–H groups in total. The fourth-order valence-corrected chi connectivity index (χ4v) is 4.54. The van der Waals surface area contributed by atoms with Gasteiger partial charge in [0.2, 0.25) is 5.95 Å². The van der Waals surface area contributed by atoms with E-state index in [-0.39, 0.29) is 17.3 Å². The summed E-state index contributed by atoms with van der Waals surface area (Å²) in [5.41, 5.74) is 3.88. The Kier molecular flexibility index (Phi) is 6.56. The average molecular weight is 500 g/mol. The van der Waals surface area contributed by atoms with Gasteiger partial charge < -0.3 is 19.2 Å². The van der Waals surface area contributed by atoms with E-state index in [9.17, 15) is 14.7 Å². The lowest BCUT2D eigenvalue weighted by Crippen LogP contribution is -2.30. The van der Waals surface area contributed by atoms with Crippen molar-refractivity contribution in [2.24, 2.45) is 0 Å². The number of ketones is 1. The Balaban J connectivity index is 1.54. The normalized spacial score (nSPS) is 17.2. The summed E-state index contributed by atoms with van der Waals surface area (Å²) in [6, 6.07) is 13.1. The highest BCUT2D eigenvalue weighted by Gasteiger charge is 2.49. The zero-order chi connectivity index (χ0) is 26.1. The number of carbonyl (C=O) groups is 2. The highest BCUT2D eigenvalue weighted by Crippen LogP contribution is 2.42. The number of nitrogens with zero attached hydrogens (tertiary/aromatic N) is 2. The van der Waals surface area contributed by atoms with Crippen molar-refractivity contribution in [1.29, 1.82) is 0 Å². The zero-order valence-corrected chi connectivity index (χ0v) is 21.1. The van der Waals surface area contributed by atoms with Gasteiger partial charge in [0.25, 0.3) is 5.78 Å². The summed E-state index contributed by atoms with van der Waals surface area (Å²) in [5.74, 6) is -0.688.